The van der Waals surface area contributed by atoms with E-state index in [9.17, 15) is 9.59 Å². The molecule has 0 aromatic heterocycles. The van der Waals surface area contributed by atoms with Gasteiger partial charge in [0.1, 0.15) is 6.07 Å². The van der Waals surface area contributed by atoms with E-state index in [1.807, 2.05) is 37.3 Å². The minimum atomic E-state index is -0.328. The Labute approximate surface area is 181 Å². The summed E-state index contributed by atoms with van der Waals surface area (Å²) in [5.74, 6) is 0.602. The van der Waals surface area contributed by atoms with Crippen molar-refractivity contribution >= 4 is 44.9 Å². The van der Waals surface area contributed by atoms with Crippen LogP contribution in [-0.4, -0.2) is 29.3 Å². The molecular weight excluding hydrogens is 456 g/mol. The maximum atomic E-state index is 12.7. The largest absolute Gasteiger partial charge is 0.490 e. The van der Waals surface area contributed by atoms with Gasteiger partial charge in [0.05, 0.1) is 18.1 Å². The molecule has 3 rings (SSSR count). The molecule has 2 aromatic rings. The number of carbonyl (C=O) groups is 2. The summed E-state index contributed by atoms with van der Waals surface area (Å²) >= 11 is 4.28. The maximum absolute atomic E-state index is 12.7. The van der Waals surface area contributed by atoms with Crippen molar-refractivity contribution < 1.29 is 19.1 Å². The summed E-state index contributed by atoms with van der Waals surface area (Å²) in [5.41, 5.74) is 1.57. The fourth-order valence-corrected chi connectivity index (χ4v) is 3.77. The van der Waals surface area contributed by atoms with E-state index < -0.39 is 0 Å². The number of amides is 2. The zero-order valence-corrected chi connectivity index (χ0v) is 18.0. The van der Waals surface area contributed by atoms with Gasteiger partial charge in [0.15, 0.2) is 18.1 Å². The third kappa shape index (κ3) is 5.19. The lowest BCUT2D eigenvalue weighted by Gasteiger charge is -2.12. The summed E-state index contributed by atoms with van der Waals surface area (Å²) in [7, 11) is 0. The van der Waals surface area contributed by atoms with Crippen LogP contribution in [0.25, 0.3) is 6.08 Å². The molecule has 0 bridgehead atoms. The molecule has 0 unspecified atom stereocenters. The van der Waals surface area contributed by atoms with E-state index in [1.165, 1.54) is 4.90 Å². The first-order chi connectivity index (χ1) is 14.0. The van der Waals surface area contributed by atoms with Crippen LogP contribution >= 0.6 is 27.7 Å². The van der Waals surface area contributed by atoms with E-state index in [1.54, 1.807) is 24.3 Å². The predicted octanol–water partition coefficient (Wildman–Crippen LogP) is 4.99. The van der Waals surface area contributed by atoms with Crippen LogP contribution in [0.5, 0.6) is 11.5 Å². The monoisotopic (exact) mass is 472 g/mol. The number of nitrogens with zero attached hydrogens (tertiary/aromatic N) is 2. The summed E-state index contributed by atoms with van der Waals surface area (Å²) in [4.78, 5) is 26.6. The van der Waals surface area contributed by atoms with E-state index in [0.29, 0.717) is 28.6 Å². The number of benzene rings is 2. The summed E-state index contributed by atoms with van der Waals surface area (Å²) < 4.78 is 11.8. The summed E-state index contributed by atoms with van der Waals surface area (Å²) in [6.07, 6.45) is 1.66. The molecule has 8 heteroatoms. The highest BCUT2D eigenvalue weighted by atomic mass is 79.9. The topological polar surface area (TPSA) is 79.6 Å². The van der Waals surface area contributed by atoms with Gasteiger partial charge in [-0.05, 0) is 60.2 Å². The Balaban J connectivity index is 1.80. The summed E-state index contributed by atoms with van der Waals surface area (Å²) in [5, 5.41) is 8.38. The number of hydrogen-bond acceptors (Lipinski definition) is 6. The lowest BCUT2D eigenvalue weighted by Crippen LogP contribution is -2.27. The average Bonchev–Trinajstić information content (AvgIpc) is 2.96. The van der Waals surface area contributed by atoms with Gasteiger partial charge in [-0.1, -0.05) is 34.1 Å². The Morgan fingerprint density at radius 2 is 1.90 bits per heavy atom. The molecule has 0 spiro atoms. The molecule has 1 heterocycles. The normalized spacial score (nSPS) is 14.9. The van der Waals surface area contributed by atoms with Gasteiger partial charge < -0.3 is 9.47 Å². The number of nitriles is 1. The molecule has 2 amide bonds. The second-order valence-electron chi connectivity index (χ2n) is 5.98. The minimum Gasteiger partial charge on any atom is -0.490 e. The molecule has 0 atom stereocenters. The third-order valence-corrected chi connectivity index (χ3v) is 5.42. The molecule has 29 heavy (non-hydrogen) atoms. The molecule has 1 fully saturated rings. The first kappa shape index (κ1) is 21.0. The van der Waals surface area contributed by atoms with Crippen molar-refractivity contribution in [3.63, 3.8) is 0 Å². The number of carbonyl (C=O) groups excluding carboxylic acids is 2. The number of imide groups is 1. The Bertz CT molecular complexity index is 999. The Morgan fingerprint density at radius 1 is 1.14 bits per heavy atom. The van der Waals surface area contributed by atoms with E-state index >= 15 is 0 Å². The number of thioether (sulfide) groups is 1. The Morgan fingerprint density at radius 3 is 2.59 bits per heavy atom. The highest BCUT2D eigenvalue weighted by Gasteiger charge is 2.35. The SMILES string of the molecule is CCOc1cc(/C=C2\SC(=O)N(Cc3ccc(Br)cc3)C2=O)ccc1OCC#N. The molecule has 6 nitrogen and oxygen atoms in total. The van der Waals surface area contributed by atoms with E-state index in [-0.39, 0.29) is 24.3 Å². The zero-order chi connectivity index (χ0) is 20.8. The van der Waals surface area contributed by atoms with Crippen LogP contribution in [0.3, 0.4) is 0 Å². The Hall–Kier alpha value is -2.76. The van der Waals surface area contributed by atoms with Crippen molar-refractivity contribution in [3.8, 4) is 17.6 Å². The maximum Gasteiger partial charge on any atom is 0.293 e. The predicted molar refractivity (Wildman–Crippen MR) is 114 cm³/mol. The minimum absolute atomic E-state index is 0.0889. The lowest BCUT2D eigenvalue weighted by molar-refractivity contribution is -0.123. The van der Waals surface area contributed by atoms with Crippen molar-refractivity contribution in [2.75, 3.05) is 13.2 Å². The second kappa shape index (κ2) is 9.63. The van der Waals surface area contributed by atoms with Gasteiger partial charge in [0, 0.05) is 4.47 Å². The lowest BCUT2D eigenvalue weighted by atomic mass is 10.1. The molecule has 0 N–H and O–H groups in total. The average molecular weight is 473 g/mol. The number of ether oxygens (including phenoxy) is 2. The van der Waals surface area contributed by atoms with Crippen molar-refractivity contribution in [2.45, 2.75) is 13.5 Å². The smallest absolute Gasteiger partial charge is 0.293 e. The van der Waals surface area contributed by atoms with Crippen LogP contribution < -0.4 is 9.47 Å². The van der Waals surface area contributed by atoms with Crippen molar-refractivity contribution in [3.05, 3.63) is 63.0 Å². The molecule has 1 saturated heterocycles. The van der Waals surface area contributed by atoms with Crippen molar-refractivity contribution in [1.82, 2.24) is 4.90 Å². The molecular formula is C21H17BrN2O4S. The highest BCUT2D eigenvalue weighted by Crippen LogP contribution is 2.35. The molecule has 2 aromatic carbocycles. The molecule has 148 valence electrons. The molecule has 1 aliphatic rings. The summed E-state index contributed by atoms with van der Waals surface area (Å²) in [6, 6.07) is 14.5. The highest BCUT2D eigenvalue weighted by molar-refractivity contribution is 9.10. The van der Waals surface area contributed by atoms with Crippen LogP contribution in [0.2, 0.25) is 0 Å². The van der Waals surface area contributed by atoms with Crippen LogP contribution in [0, 0.1) is 11.3 Å². The van der Waals surface area contributed by atoms with Crippen molar-refractivity contribution in [1.29, 1.82) is 5.26 Å². The number of halogens is 1. The molecule has 0 aliphatic carbocycles. The first-order valence-corrected chi connectivity index (χ1v) is 10.4. The second-order valence-corrected chi connectivity index (χ2v) is 7.89. The van der Waals surface area contributed by atoms with E-state index in [4.69, 9.17) is 14.7 Å². The van der Waals surface area contributed by atoms with E-state index in [2.05, 4.69) is 15.9 Å². The molecule has 0 saturated carbocycles. The van der Waals surface area contributed by atoms with Gasteiger partial charge in [-0.25, -0.2) is 0 Å². The van der Waals surface area contributed by atoms with Gasteiger partial charge in [-0.2, -0.15) is 5.26 Å². The number of hydrogen-bond donors (Lipinski definition) is 0. The van der Waals surface area contributed by atoms with Crippen LogP contribution in [0.1, 0.15) is 18.1 Å². The van der Waals surface area contributed by atoms with Gasteiger partial charge >= 0.3 is 0 Å². The molecule has 1 aliphatic heterocycles. The first-order valence-electron chi connectivity index (χ1n) is 8.78. The van der Waals surface area contributed by atoms with Crippen LogP contribution in [0.4, 0.5) is 4.79 Å². The van der Waals surface area contributed by atoms with Gasteiger partial charge in [-0.3, -0.25) is 14.5 Å². The van der Waals surface area contributed by atoms with Gasteiger partial charge in [0.2, 0.25) is 0 Å². The Kier molecular flexibility index (Phi) is 6.96. The van der Waals surface area contributed by atoms with Crippen LogP contribution in [0.15, 0.2) is 51.8 Å². The standard InChI is InChI=1S/C21H17BrN2O4S/c1-2-27-18-11-15(5-8-17(18)28-10-9-23)12-19-20(25)24(21(26)29-19)13-14-3-6-16(22)7-4-14/h3-8,11-12H,2,10,13H2,1H3/b19-12-. The fraction of sp³-hybridized carbons (Fsp3) is 0.190. The van der Waals surface area contributed by atoms with E-state index in [0.717, 1.165) is 21.8 Å². The fourth-order valence-electron chi connectivity index (χ4n) is 2.67. The zero-order valence-electron chi connectivity index (χ0n) is 15.6. The van der Waals surface area contributed by atoms with Gasteiger partial charge in [-0.15, -0.1) is 0 Å². The quantitative estimate of drug-likeness (QED) is 0.528. The summed E-state index contributed by atoms with van der Waals surface area (Å²) in [6.45, 7) is 2.40. The van der Waals surface area contributed by atoms with Crippen molar-refractivity contribution in [2.24, 2.45) is 0 Å². The third-order valence-electron chi connectivity index (χ3n) is 3.99. The van der Waals surface area contributed by atoms with Crippen LogP contribution in [-0.2, 0) is 11.3 Å². The molecule has 0 radical (unpaired) electrons. The van der Waals surface area contributed by atoms with Gasteiger partial charge in [0.25, 0.3) is 11.1 Å². The number of rotatable bonds is 7.